The van der Waals surface area contributed by atoms with Gasteiger partial charge in [-0.2, -0.15) is 0 Å². The van der Waals surface area contributed by atoms with Gasteiger partial charge in [0.25, 0.3) is 5.69 Å². The van der Waals surface area contributed by atoms with Gasteiger partial charge in [-0.1, -0.05) is 24.3 Å². The van der Waals surface area contributed by atoms with Crippen LogP contribution in [0.2, 0.25) is 0 Å². The zero-order valence-electron chi connectivity index (χ0n) is 8.38. The molecule has 0 aliphatic rings. The van der Waals surface area contributed by atoms with Gasteiger partial charge in [-0.25, -0.2) is 0 Å². The van der Waals surface area contributed by atoms with Gasteiger partial charge in [0.1, 0.15) is 0 Å². The molecule has 2 aromatic carbocycles. The van der Waals surface area contributed by atoms with Crippen LogP contribution >= 0.6 is 0 Å². The van der Waals surface area contributed by atoms with E-state index in [0.717, 1.165) is 0 Å². The Morgan fingerprint density at radius 1 is 1.25 bits per heavy atom. The molecular formula is C12H9N2O2. The van der Waals surface area contributed by atoms with Crippen LogP contribution in [-0.4, -0.2) is 4.92 Å². The topological polar surface area (TPSA) is 69.2 Å². The van der Waals surface area contributed by atoms with Gasteiger partial charge in [-0.3, -0.25) is 10.1 Å². The molecule has 79 valence electrons. The van der Waals surface area contributed by atoms with Crippen LogP contribution in [0.1, 0.15) is 0 Å². The third-order valence-electron chi connectivity index (χ3n) is 2.21. The molecule has 4 heteroatoms. The lowest BCUT2D eigenvalue weighted by Gasteiger charge is -2.03. The lowest BCUT2D eigenvalue weighted by atomic mass is 10.0. The maximum absolute atomic E-state index is 10.8. The molecule has 0 saturated heterocycles. The van der Waals surface area contributed by atoms with Gasteiger partial charge in [0.2, 0.25) is 0 Å². The molecule has 0 aliphatic heterocycles. The van der Waals surface area contributed by atoms with Crippen molar-refractivity contribution in [2.24, 2.45) is 0 Å². The van der Waals surface area contributed by atoms with Gasteiger partial charge in [-0.15, -0.1) is 0 Å². The minimum absolute atomic E-state index is 0.0353. The Labute approximate surface area is 92.5 Å². The molecule has 0 aromatic heterocycles. The van der Waals surface area contributed by atoms with E-state index < -0.39 is 4.92 Å². The summed E-state index contributed by atoms with van der Waals surface area (Å²) in [7, 11) is 0. The Hall–Kier alpha value is -2.36. The number of anilines is 1. The smallest absolute Gasteiger partial charge is 0.277 e. The normalized spacial score (nSPS) is 10.0. The first-order chi connectivity index (χ1) is 7.68. The summed E-state index contributed by atoms with van der Waals surface area (Å²) in [6.45, 7) is 0. The zero-order valence-corrected chi connectivity index (χ0v) is 8.38. The Balaban J connectivity index is 2.60. The molecule has 2 N–H and O–H groups in total. The summed E-state index contributed by atoms with van der Waals surface area (Å²) in [5, 5.41) is 10.8. The van der Waals surface area contributed by atoms with E-state index in [2.05, 4.69) is 6.07 Å². The molecule has 0 aliphatic carbocycles. The number of nitro benzene ring substituents is 1. The largest absolute Gasteiger partial charge is 0.399 e. The second kappa shape index (κ2) is 4.02. The van der Waals surface area contributed by atoms with Gasteiger partial charge in [0.15, 0.2) is 0 Å². The summed E-state index contributed by atoms with van der Waals surface area (Å²) in [6.07, 6.45) is 0. The van der Waals surface area contributed by atoms with E-state index in [1.165, 1.54) is 6.07 Å². The predicted octanol–water partition coefficient (Wildman–Crippen LogP) is 2.64. The Morgan fingerprint density at radius 3 is 2.75 bits per heavy atom. The highest BCUT2D eigenvalue weighted by molar-refractivity contribution is 5.74. The van der Waals surface area contributed by atoms with Gasteiger partial charge >= 0.3 is 0 Å². The first kappa shape index (κ1) is 10.2. The number of nitrogens with zero attached hydrogens (tertiary/aromatic N) is 1. The van der Waals surface area contributed by atoms with E-state index in [-0.39, 0.29) is 5.69 Å². The summed E-state index contributed by atoms with van der Waals surface area (Å²) in [4.78, 5) is 10.4. The maximum atomic E-state index is 10.8. The Bertz CT molecular complexity index is 538. The van der Waals surface area contributed by atoms with Gasteiger partial charge in [0.05, 0.1) is 10.5 Å². The van der Waals surface area contributed by atoms with Crippen molar-refractivity contribution < 1.29 is 4.92 Å². The molecule has 0 fully saturated rings. The number of hydrogen-bond donors (Lipinski definition) is 1. The number of benzene rings is 2. The summed E-state index contributed by atoms with van der Waals surface area (Å²) < 4.78 is 0. The summed E-state index contributed by atoms with van der Waals surface area (Å²) in [5.74, 6) is 0. The SMILES string of the molecule is Nc1cccc(-c2[c]cccc2[N+](=O)[O-])c1. The fraction of sp³-hybridized carbons (Fsp3) is 0. The number of nitro groups is 1. The van der Waals surface area contributed by atoms with Crippen molar-refractivity contribution >= 4 is 11.4 Å². The summed E-state index contributed by atoms with van der Waals surface area (Å²) in [6, 6.07) is 14.5. The first-order valence-corrected chi connectivity index (χ1v) is 4.69. The van der Waals surface area contributed by atoms with Crippen LogP contribution in [0, 0.1) is 16.2 Å². The highest BCUT2D eigenvalue weighted by atomic mass is 16.6. The number of hydrogen-bond acceptors (Lipinski definition) is 3. The number of nitrogens with two attached hydrogens (primary N) is 1. The molecule has 0 atom stereocenters. The van der Waals surface area contributed by atoms with Crippen molar-refractivity contribution in [2.45, 2.75) is 0 Å². The average Bonchev–Trinajstić information content (AvgIpc) is 2.29. The fourth-order valence-corrected chi connectivity index (χ4v) is 1.51. The summed E-state index contributed by atoms with van der Waals surface area (Å²) in [5.41, 5.74) is 7.41. The molecule has 0 unspecified atom stereocenters. The van der Waals surface area contributed by atoms with Crippen LogP contribution in [0.25, 0.3) is 11.1 Å². The quantitative estimate of drug-likeness (QED) is 0.473. The highest BCUT2D eigenvalue weighted by Crippen LogP contribution is 2.29. The predicted molar refractivity (Wildman–Crippen MR) is 61.8 cm³/mol. The number of nitrogen functional groups attached to an aromatic ring is 1. The first-order valence-electron chi connectivity index (χ1n) is 4.69. The van der Waals surface area contributed by atoms with Crippen LogP contribution < -0.4 is 5.73 Å². The van der Waals surface area contributed by atoms with Crippen molar-refractivity contribution in [3.8, 4) is 11.1 Å². The molecule has 0 saturated carbocycles. The molecule has 0 heterocycles. The van der Waals surface area contributed by atoms with Gasteiger partial charge in [0, 0.05) is 11.8 Å². The van der Waals surface area contributed by atoms with E-state index in [4.69, 9.17) is 5.73 Å². The molecule has 16 heavy (non-hydrogen) atoms. The Morgan fingerprint density at radius 2 is 2.06 bits per heavy atom. The number of rotatable bonds is 2. The van der Waals surface area contributed by atoms with Crippen LogP contribution in [0.15, 0.2) is 42.5 Å². The van der Waals surface area contributed by atoms with Crippen molar-refractivity contribution in [3.63, 3.8) is 0 Å². The van der Waals surface area contributed by atoms with Crippen LogP contribution in [0.4, 0.5) is 11.4 Å². The van der Waals surface area contributed by atoms with E-state index in [1.54, 1.807) is 36.4 Å². The molecule has 2 rings (SSSR count). The second-order valence-electron chi connectivity index (χ2n) is 3.31. The minimum atomic E-state index is -0.422. The van der Waals surface area contributed by atoms with Crippen molar-refractivity contribution in [2.75, 3.05) is 5.73 Å². The second-order valence-corrected chi connectivity index (χ2v) is 3.31. The Kier molecular flexibility index (Phi) is 2.55. The molecule has 0 amide bonds. The maximum Gasteiger partial charge on any atom is 0.277 e. The van der Waals surface area contributed by atoms with E-state index in [1.807, 2.05) is 0 Å². The van der Waals surface area contributed by atoms with E-state index in [9.17, 15) is 10.1 Å². The van der Waals surface area contributed by atoms with Crippen LogP contribution in [0.3, 0.4) is 0 Å². The van der Waals surface area contributed by atoms with Gasteiger partial charge in [-0.05, 0) is 23.8 Å². The zero-order chi connectivity index (χ0) is 11.5. The van der Waals surface area contributed by atoms with Crippen molar-refractivity contribution in [3.05, 3.63) is 58.6 Å². The molecule has 1 radical (unpaired) electrons. The lowest BCUT2D eigenvalue weighted by molar-refractivity contribution is -0.384. The van der Waals surface area contributed by atoms with E-state index >= 15 is 0 Å². The molecular weight excluding hydrogens is 204 g/mol. The summed E-state index contributed by atoms with van der Waals surface area (Å²) >= 11 is 0. The third kappa shape index (κ3) is 1.86. The van der Waals surface area contributed by atoms with Crippen LogP contribution in [-0.2, 0) is 0 Å². The fourth-order valence-electron chi connectivity index (χ4n) is 1.51. The monoisotopic (exact) mass is 213 g/mol. The molecule has 0 spiro atoms. The third-order valence-corrected chi connectivity index (χ3v) is 2.21. The van der Waals surface area contributed by atoms with Crippen molar-refractivity contribution in [1.82, 2.24) is 0 Å². The van der Waals surface area contributed by atoms with Crippen molar-refractivity contribution in [1.29, 1.82) is 0 Å². The van der Waals surface area contributed by atoms with Gasteiger partial charge < -0.3 is 5.73 Å². The average molecular weight is 213 g/mol. The standard InChI is InChI=1S/C12H9N2O2/c13-10-5-3-4-9(8-10)11-6-1-2-7-12(11)14(15)16/h1-5,7-8H,13H2. The minimum Gasteiger partial charge on any atom is -0.399 e. The molecule has 0 bridgehead atoms. The lowest BCUT2D eigenvalue weighted by Crippen LogP contribution is -1.92. The van der Waals surface area contributed by atoms with Crippen LogP contribution in [0.5, 0.6) is 0 Å². The molecule has 4 nitrogen and oxygen atoms in total. The molecule has 2 aromatic rings. The highest BCUT2D eigenvalue weighted by Gasteiger charge is 2.13. The van der Waals surface area contributed by atoms with E-state index in [0.29, 0.717) is 16.8 Å².